The van der Waals surface area contributed by atoms with Crippen molar-refractivity contribution in [3.05, 3.63) is 27.9 Å². The number of allylic oxidation sites excluding steroid dienone is 1. The van der Waals surface area contributed by atoms with Crippen LogP contribution < -0.4 is 5.69 Å². The Morgan fingerprint density at radius 1 is 1.36 bits per heavy atom. The number of rotatable bonds is 5. The number of hydrogen-bond donors (Lipinski definition) is 1. The van der Waals surface area contributed by atoms with Gasteiger partial charge in [-0.2, -0.15) is 0 Å². The molecule has 2 heterocycles. The molecule has 22 heavy (non-hydrogen) atoms. The summed E-state index contributed by atoms with van der Waals surface area (Å²) in [5.41, 5.74) is 2.23. The van der Waals surface area contributed by atoms with Crippen molar-refractivity contribution in [2.75, 3.05) is 19.6 Å². The lowest BCUT2D eigenvalue weighted by Crippen LogP contribution is -2.38. The summed E-state index contributed by atoms with van der Waals surface area (Å²) in [5.74, 6) is 0.272. The number of aromatic amines is 1. The van der Waals surface area contributed by atoms with E-state index in [0.29, 0.717) is 12.5 Å². The van der Waals surface area contributed by atoms with E-state index in [0.717, 1.165) is 57.4 Å². The Hall–Kier alpha value is -1.62. The smallest absolute Gasteiger partial charge is 0.306 e. The molecule has 0 spiro atoms. The molecule has 0 atom stereocenters. The lowest BCUT2D eigenvalue weighted by atomic mass is 10.0. The first-order chi connectivity index (χ1) is 10.6. The molecule has 1 aliphatic carbocycles. The zero-order valence-corrected chi connectivity index (χ0v) is 13.3. The van der Waals surface area contributed by atoms with E-state index < -0.39 is 0 Å². The monoisotopic (exact) mass is 303 g/mol. The van der Waals surface area contributed by atoms with Gasteiger partial charge in [-0.15, -0.1) is 0 Å². The molecular formula is C17H25N3O2. The lowest BCUT2D eigenvalue weighted by molar-refractivity contribution is -0.117. The Morgan fingerprint density at radius 2 is 2.14 bits per heavy atom. The molecule has 5 nitrogen and oxygen atoms in total. The molecule has 1 N–H and O–H groups in total. The Morgan fingerprint density at radius 3 is 2.86 bits per heavy atom. The molecule has 2 aliphatic rings. The van der Waals surface area contributed by atoms with Crippen molar-refractivity contribution in [1.29, 1.82) is 0 Å². The van der Waals surface area contributed by atoms with E-state index in [9.17, 15) is 9.59 Å². The number of H-pyrrole nitrogens is 1. The van der Waals surface area contributed by atoms with Crippen LogP contribution in [0.2, 0.25) is 0 Å². The molecule has 1 aliphatic heterocycles. The number of imidazole rings is 1. The summed E-state index contributed by atoms with van der Waals surface area (Å²) >= 11 is 0. The zero-order valence-electron chi connectivity index (χ0n) is 13.3. The Bertz CT molecular complexity index is 618. The first kappa shape index (κ1) is 15.3. The number of fused-ring (bicyclic) bond motifs is 1. The summed E-state index contributed by atoms with van der Waals surface area (Å²) in [5, 5.41) is 0. The number of carbonyl (C=O) groups excluding carboxylic acids is 1. The van der Waals surface area contributed by atoms with Crippen molar-refractivity contribution < 1.29 is 4.79 Å². The summed E-state index contributed by atoms with van der Waals surface area (Å²) in [6, 6.07) is 0.322. The van der Waals surface area contributed by atoms with E-state index in [-0.39, 0.29) is 11.5 Å². The summed E-state index contributed by atoms with van der Waals surface area (Å²) in [7, 11) is 0. The van der Waals surface area contributed by atoms with Gasteiger partial charge in [0.1, 0.15) is 5.78 Å². The minimum atomic E-state index is 0.0478. The molecule has 0 radical (unpaired) electrons. The fourth-order valence-corrected chi connectivity index (χ4v) is 3.65. The fraction of sp³-hybridized carbons (Fsp3) is 0.647. The average Bonchev–Trinajstić information content (AvgIpc) is 2.83. The predicted octanol–water partition coefficient (Wildman–Crippen LogP) is 2.14. The van der Waals surface area contributed by atoms with Crippen molar-refractivity contribution in [3.8, 4) is 0 Å². The van der Waals surface area contributed by atoms with Crippen molar-refractivity contribution >= 4 is 11.9 Å². The quantitative estimate of drug-likeness (QED) is 0.906. The van der Waals surface area contributed by atoms with Gasteiger partial charge in [-0.3, -0.25) is 4.57 Å². The van der Waals surface area contributed by atoms with Crippen molar-refractivity contribution in [1.82, 2.24) is 14.5 Å². The molecule has 0 amide bonds. The molecule has 1 aromatic rings. The number of likely N-dealkylation sites (tertiary alicyclic amines) is 1. The van der Waals surface area contributed by atoms with Crippen LogP contribution in [0.25, 0.3) is 6.08 Å². The minimum absolute atomic E-state index is 0.0478. The summed E-state index contributed by atoms with van der Waals surface area (Å²) in [6.45, 7) is 4.69. The normalized spacial score (nSPS) is 19.3. The summed E-state index contributed by atoms with van der Waals surface area (Å²) in [4.78, 5) is 28.7. The van der Waals surface area contributed by atoms with Crippen molar-refractivity contribution in [3.63, 3.8) is 0 Å². The maximum atomic E-state index is 12.3. The van der Waals surface area contributed by atoms with Crippen LogP contribution in [0.5, 0.6) is 0 Å². The first-order valence-electron chi connectivity index (χ1n) is 8.37. The van der Waals surface area contributed by atoms with Gasteiger partial charge >= 0.3 is 5.69 Å². The van der Waals surface area contributed by atoms with Crippen LogP contribution >= 0.6 is 0 Å². The largest absolute Gasteiger partial charge is 0.326 e. The van der Waals surface area contributed by atoms with Gasteiger partial charge in [0, 0.05) is 31.2 Å². The number of ketones is 1. The van der Waals surface area contributed by atoms with E-state index in [1.165, 1.54) is 5.69 Å². The first-order valence-corrected chi connectivity index (χ1v) is 8.37. The third-order valence-corrected chi connectivity index (χ3v) is 4.82. The second-order valence-electron chi connectivity index (χ2n) is 6.48. The molecule has 120 valence electrons. The van der Waals surface area contributed by atoms with Crippen molar-refractivity contribution in [2.45, 2.75) is 51.5 Å². The van der Waals surface area contributed by atoms with Gasteiger partial charge in [-0.25, -0.2) is 4.79 Å². The topological polar surface area (TPSA) is 58.1 Å². The number of hydrogen-bond acceptors (Lipinski definition) is 3. The highest BCUT2D eigenvalue weighted by Crippen LogP contribution is 2.26. The second kappa shape index (κ2) is 6.65. The molecule has 1 saturated heterocycles. The van der Waals surface area contributed by atoms with Crippen molar-refractivity contribution in [2.24, 2.45) is 0 Å². The van der Waals surface area contributed by atoms with Crippen LogP contribution in [-0.4, -0.2) is 39.9 Å². The number of Topliss-reactive ketones (excluding diaryl/α,β-unsaturated/α-hetero) is 1. The summed E-state index contributed by atoms with van der Waals surface area (Å²) in [6.07, 6.45) is 9.81. The maximum absolute atomic E-state index is 12.3. The molecule has 1 fully saturated rings. The second-order valence-corrected chi connectivity index (χ2v) is 6.48. The predicted molar refractivity (Wildman–Crippen MR) is 87.0 cm³/mol. The van der Waals surface area contributed by atoms with E-state index in [4.69, 9.17) is 0 Å². The number of nitrogens with zero attached hydrogens (tertiary/aromatic N) is 2. The Labute approximate surface area is 131 Å². The lowest BCUT2D eigenvalue weighted by Gasteiger charge is -2.33. The SMILES string of the molecule is CC(=O)CCCN1CCC(n2c3c([nH]c2=O)C=CCC3)CC1. The number of carbonyl (C=O) groups is 1. The van der Waals surface area contributed by atoms with Crippen LogP contribution in [0.4, 0.5) is 0 Å². The van der Waals surface area contributed by atoms with Crippen LogP contribution in [0.3, 0.4) is 0 Å². The molecule has 3 rings (SSSR count). The minimum Gasteiger partial charge on any atom is -0.306 e. The highest BCUT2D eigenvalue weighted by atomic mass is 16.1. The van der Waals surface area contributed by atoms with Gasteiger partial charge in [0.05, 0.1) is 5.69 Å². The number of piperidine rings is 1. The van der Waals surface area contributed by atoms with Crippen LogP contribution in [0.15, 0.2) is 10.9 Å². The highest BCUT2D eigenvalue weighted by Gasteiger charge is 2.25. The van der Waals surface area contributed by atoms with E-state index in [1.807, 2.05) is 10.6 Å². The molecule has 0 aromatic carbocycles. The third-order valence-electron chi connectivity index (χ3n) is 4.82. The number of aromatic nitrogens is 2. The molecule has 0 bridgehead atoms. The Balaban J connectivity index is 1.60. The fourth-order valence-electron chi connectivity index (χ4n) is 3.65. The standard InChI is InChI=1S/C17H25N3O2/c1-13(21)5-4-10-19-11-8-14(9-12-19)20-16-7-3-2-6-15(16)18-17(20)22/h2,6,14H,3-5,7-12H2,1H3,(H,18,22). The van der Waals surface area contributed by atoms with Gasteiger partial charge in [0.25, 0.3) is 0 Å². The highest BCUT2D eigenvalue weighted by molar-refractivity contribution is 5.75. The van der Waals surface area contributed by atoms with E-state index in [2.05, 4.69) is 16.0 Å². The maximum Gasteiger partial charge on any atom is 0.326 e. The molecule has 5 heteroatoms. The van der Waals surface area contributed by atoms with E-state index >= 15 is 0 Å². The van der Waals surface area contributed by atoms with E-state index in [1.54, 1.807) is 6.92 Å². The Kier molecular flexibility index (Phi) is 4.62. The summed E-state index contributed by atoms with van der Waals surface area (Å²) < 4.78 is 2.01. The molecule has 0 saturated carbocycles. The van der Waals surface area contributed by atoms with Gasteiger partial charge in [0.15, 0.2) is 0 Å². The molecule has 1 aromatic heterocycles. The van der Waals surface area contributed by atoms with Crippen LogP contribution in [0, 0.1) is 0 Å². The molecule has 0 unspecified atom stereocenters. The van der Waals surface area contributed by atoms with Gasteiger partial charge in [0.2, 0.25) is 0 Å². The molecular weight excluding hydrogens is 278 g/mol. The zero-order chi connectivity index (χ0) is 15.5. The van der Waals surface area contributed by atoms with Crippen LogP contribution in [0.1, 0.15) is 56.5 Å². The van der Waals surface area contributed by atoms with Gasteiger partial charge in [-0.1, -0.05) is 6.08 Å². The van der Waals surface area contributed by atoms with Crippen LogP contribution in [-0.2, 0) is 11.2 Å². The number of nitrogens with one attached hydrogen (secondary N) is 1. The van der Waals surface area contributed by atoms with Gasteiger partial charge < -0.3 is 14.7 Å². The third kappa shape index (κ3) is 3.24. The van der Waals surface area contributed by atoms with Gasteiger partial charge in [-0.05, 0) is 51.6 Å². The average molecular weight is 303 g/mol.